The molecular weight excluding hydrogens is 138 g/mol. The fourth-order valence-corrected chi connectivity index (χ4v) is 1.02. The zero-order chi connectivity index (χ0) is 7.23. The van der Waals surface area contributed by atoms with Gasteiger partial charge in [-0.15, -0.1) is 0 Å². The summed E-state index contributed by atoms with van der Waals surface area (Å²) in [6.07, 6.45) is 6.03. The highest BCUT2D eigenvalue weighted by Crippen LogP contribution is 2.00. The summed E-state index contributed by atoms with van der Waals surface area (Å²) in [7, 11) is 3.43. The van der Waals surface area contributed by atoms with Gasteiger partial charge in [-0.2, -0.15) is 0 Å². The lowest BCUT2D eigenvalue weighted by atomic mass is 10.2. The predicted octanol–water partition coefficient (Wildman–Crippen LogP) is 1.60. The minimum absolute atomic E-state index is 1.06. The van der Waals surface area contributed by atoms with Crippen LogP contribution in [0.3, 0.4) is 0 Å². The fraction of sp³-hybridized carbons (Fsp3) is 0.375. The van der Waals surface area contributed by atoms with Gasteiger partial charge in [0.25, 0.3) is 0 Å². The van der Waals surface area contributed by atoms with Crippen molar-refractivity contribution >= 4 is 10.2 Å². The molecule has 10 heavy (non-hydrogen) atoms. The Hall–Kier alpha value is -0.633. The largest absolute Gasteiger partial charge is 0.264 e. The maximum Gasteiger partial charge on any atom is 0.0299 e. The van der Waals surface area contributed by atoms with Crippen LogP contribution in [0.2, 0.25) is 6.04 Å². The van der Waals surface area contributed by atoms with Crippen LogP contribution in [0.25, 0.3) is 0 Å². The van der Waals surface area contributed by atoms with Crippen LogP contribution in [0.4, 0.5) is 0 Å². The molecule has 0 unspecified atom stereocenters. The smallest absolute Gasteiger partial charge is 0.0299 e. The summed E-state index contributed by atoms with van der Waals surface area (Å²) in [6, 6.07) is 5.15. The molecule has 0 bridgehead atoms. The molecular formula is C8H10NSi. The molecule has 0 aliphatic carbocycles. The Bertz CT molecular complexity index is 174. The van der Waals surface area contributed by atoms with E-state index in [4.69, 9.17) is 0 Å². The number of aryl methyl sites for hydroxylation is 1. The first-order chi connectivity index (χ1) is 4.93. The molecule has 0 N–H and O–H groups in total. The van der Waals surface area contributed by atoms with Crippen LogP contribution >= 0.6 is 0 Å². The maximum atomic E-state index is 4.02. The van der Waals surface area contributed by atoms with E-state index < -0.39 is 0 Å². The van der Waals surface area contributed by atoms with Crippen LogP contribution in [0.1, 0.15) is 12.0 Å². The Labute approximate surface area is 64.9 Å². The molecule has 2 heteroatoms. The average Bonchev–Trinajstić information content (AvgIpc) is 2.03. The van der Waals surface area contributed by atoms with E-state index in [9.17, 15) is 0 Å². The van der Waals surface area contributed by atoms with E-state index >= 15 is 0 Å². The van der Waals surface area contributed by atoms with Crippen LogP contribution in [0, 0.1) is 0 Å². The molecule has 1 aromatic rings. The lowest BCUT2D eigenvalue weighted by molar-refractivity contribution is 0.911. The first-order valence-electron chi connectivity index (χ1n) is 3.47. The van der Waals surface area contributed by atoms with Gasteiger partial charge in [0.05, 0.1) is 0 Å². The summed E-state index contributed by atoms with van der Waals surface area (Å²) in [4.78, 5) is 4.02. The Kier molecular flexibility index (Phi) is 3.16. The number of hydrogen-bond donors (Lipinski definition) is 0. The predicted molar refractivity (Wildman–Crippen MR) is 43.1 cm³/mol. The summed E-state index contributed by atoms with van der Waals surface area (Å²) in [5.41, 5.74) is 1.32. The van der Waals surface area contributed by atoms with Gasteiger partial charge in [0.1, 0.15) is 0 Å². The van der Waals surface area contributed by atoms with Crippen LogP contribution in [-0.4, -0.2) is 15.2 Å². The van der Waals surface area contributed by atoms with Crippen LogP contribution in [0.5, 0.6) is 0 Å². The van der Waals surface area contributed by atoms with Crippen molar-refractivity contribution in [2.24, 2.45) is 0 Å². The molecule has 1 nitrogen and oxygen atoms in total. The fourth-order valence-electron chi connectivity index (χ4n) is 0.839. The van der Waals surface area contributed by atoms with Crippen molar-refractivity contribution in [1.29, 1.82) is 0 Å². The zero-order valence-corrected chi connectivity index (χ0v) is 6.88. The van der Waals surface area contributed by atoms with Gasteiger partial charge >= 0.3 is 0 Å². The number of rotatable bonds is 3. The summed E-state index contributed by atoms with van der Waals surface area (Å²) in [5, 5.41) is 0. The normalized spacial score (nSPS) is 9.70. The Morgan fingerprint density at radius 1 is 1.50 bits per heavy atom. The molecule has 1 rings (SSSR count). The van der Waals surface area contributed by atoms with Crippen molar-refractivity contribution in [2.45, 2.75) is 18.9 Å². The first-order valence-corrected chi connectivity index (χ1v) is 4.17. The molecule has 51 valence electrons. The van der Waals surface area contributed by atoms with Crippen LogP contribution < -0.4 is 0 Å². The minimum atomic E-state index is 1.06. The van der Waals surface area contributed by atoms with E-state index in [2.05, 4.69) is 21.3 Å². The molecule has 0 aliphatic heterocycles. The number of aromatic nitrogens is 1. The van der Waals surface area contributed by atoms with E-state index in [1.54, 1.807) is 6.20 Å². The number of pyridine rings is 1. The first kappa shape index (κ1) is 7.47. The van der Waals surface area contributed by atoms with Gasteiger partial charge in [0.15, 0.2) is 0 Å². The SMILES string of the molecule is [Si]CCCc1cccnc1. The molecule has 0 amide bonds. The van der Waals surface area contributed by atoms with Crippen molar-refractivity contribution in [2.75, 3.05) is 0 Å². The van der Waals surface area contributed by atoms with Crippen molar-refractivity contribution in [3.05, 3.63) is 30.1 Å². The monoisotopic (exact) mass is 148 g/mol. The second kappa shape index (κ2) is 4.23. The van der Waals surface area contributed by atoms with Crippen molar-refractivity contribution < 1.29 is 0 Å². The molecule has 0 atom stereocenters. The van der Waals surface area contributed by atoms with Gasteiger partial charge < -0.3 is 0 Å². The van der Waals surface area contributed by atoms with Crippen LogP contribution in [0.15, 0.2) is 24.5 Å². The molecule has 0 aromatic carbocycles. The third-order valence-corrected chi connectivity index (χ3v) is 1.72. The average molecular weight is 148 g/mol. The van der Waals surface area contributed by atoms with Gasteiger partial charge in [0.2, 0.25) is 0 Å². The van der Waals surface area contributed by atoms with E-state index in [1.807, 2.05) is 12.3 Å². The molecule has 0 aliphatic rings. The second-order valence-corrected chi connectivity index (χ2v) is 2.71. The van der Waals surface area contributed by atoms with Crippen molar-refractivity contribution in [1.82, 2.24) is 4.98 Å². The molecule has 0 saturated heterocycles. The summed E-state index contributed by atoms with van der Waals surface area (Å²) in [6.45, 7) is 0. The highest BCUT2D eigenvalue weighted by atomic mass is 28.1. The maximum absolute atomic E-state index is 4.02. The van der Waals surface area contributed by atoms with Crippen molar-refractivity contribution in [3.8, 4) is 0 Å². The van der Waals surface area contributed by atoms with Gasteiger partial charge in [0, 0.05) is 22.6 Å². The highest BCUT2D eigenvalue weighted by molar-refractivity contribution is 6.08. The zero-order valence-electron chi connectivity index (χ0n) is 5.88. The summed E-state index contributed by atoms with van der Waals surface area (Å²) in [5.74, 6) is 0. The minimum Gasteiger partial charge on any atom is -0.264 e. The van der Waals surface area contributed by atoms with Crippen molar-refractivity contribution in [3.63, 3.8) is 0 Å². The standard InChI is InChI=1S/C8H10NSi/c10-6-2-4-8-3-1-5-9-7-8/h1,3,5,7H,2,4,6H2. The molecule has 3 radical (unpaired) electrons. The topological polar surface area (TPSA) is 12.9 Å². The molecule has 1 aromatic heterocycles. The van der Waals surface area contributed by atoms with E-state index in [0.717, 1.165) is 12.5 Å². The summed E-state index contributed by atoms with van der Waals surface area (Å²) < 4.78 is 0. The molecule has 1 heterocycles. The quantitative estimate of drug-likeness (QED) is 0.593. The third-order valence-electron chi connectivity index (χ3n) is 1.37. The second-order valence-electron chi connectivity index (χ2n) is 2.21. The van der Waals surface area contributed by atoms with E-state index in [0.29, 0.717) is 0 Å². The Morgan fingerprint density at radius 3 is 3.00 bits per heavy atom. The van der Waals surface area contributed by atoms with Gasteiger partial charge in [-0.25, -0.2) is 0 Å². The lowest BCUT2D eigenvalue weighted by Crippen LogP contribution is -1.84. The molecule has 0 saturated carbocycles. The Morgan fingerprint density at radius 2 is 2.40 bits per heavy atom. The van der Waals surface area contributed by atoms with Crippen LogP contribution in [-0.2, 0) is 6.42 Å². The van der Waals surface area contributed by atoms with E-state index in [-0.39, 0.29) is 0 Å². The molecule has 0 spiro atoms. The van der Waals surface area contributed by atoms with Gasteiger partial charge in [-0.3, -0.25) is 4.98 Å². The highest BCUT2D eigenvalue weighted by Gasteiger charge is 1.88. The summed E-state index contributed by atoms with van der Waals surface area (Å²) >= 11 is 0. The van der Waals surface area contributed by atoms with Gasteiger partial charge in [-0.05, 0) is 18.1 Å². The lowest BCUT2D eigenvalue weighted by Gasteiger charge is -1.95. The molecule has 0 fully saturated rings. The Balaban J connectivity index is 2.43. The van der Waals surface area contributed by atoms with E-state index in [1.165, 1.54) is 12.0 Å². The number of hydrogen-bond acceptors (Lipinski definition) is 1. The third kappa shape index (κ3) is 2.31. The number of nitrogens with zero attached hydrogens (tertiary/aromatic N) is 1. The van der Waals surface area contributed by atoms with Gasteiger partial charge in [-0.1, -0.05) is 18.5 Å².